The molecule has 2 atom stereocenters. The van der Waals surface area contributed by atoms with Gasteiger partial charge in [0.2, 0.25) is 0 Å². The molecule has 26 heavy (non-hydrogen) atoms. The first-order valence-corrected chi connectivity index (χ1v) is 8.86. The number of methoxy groups -OCH3 is 1. The molecule has 0 spiro atoms. The van der Waals surface area contributed by atoms with Crippen LogP contribution < -0.4 is 10.1 Å². The Kier molecular flexibility index (Phi) is 5.65. The summed E-state index contributed by atoms with van der Waals surface area (Å²) in [6, 6.07) is 7.73. The summed E-state index contributed by atoms with van der Waals surface area (Å²) in [7, 11) is 1.65. The quantitative estimate of drug-likeness (QED) is 0.756. The summed E-state index contributed by atoms with van der Waals surface area (Å²) in [5.74, 6) is 0.834. The highest BCUT2D eigenvalue weighted by Gasteiger charge is 2.48. The second-order valence-corrected chi connectivity index (χ2v) is 6.51. The topological polar surface area (TPSA) is 71.1 Å². The summed E-state index contributed by atoms with van der Waals surface area (Å²) in [6.07, 6.45) is 2.83. The van der Waals surface area contributed by atoms with Gasteiger partial charge in [0.25, 0.3) is 0 Å². The van der Waals surface area contributed by atoms with Crippen LogP contribution in [0, 0.1) is 0 Å². The minimum atomic E-state index is -0.277. The molecule has 3 rings (SSSR count). The van der Waals surface area contributed by atoms with E-state index in [-0.39, 0.29) is 24.3 Å². The van der Waals surface area contributed by atoms with Crippen molar-refractivity contribution in [2.24, 2.45) is 0 Å². The van der Waals surface area contributed by atoms with Gasteiger partial charge in [0, 0.05) is 19.6 Å². The molecule has 2 fully saturated rings. The van der Waals surface area contributed by atoms with Gasteiger partial charge in [0.1, 0.15) is 11.9 Å². The van der Waals surface area contributed by atoms with E-state index in [9.17, 15) is 9.59 Å². The molecule has 2 aliphatic heterocycles. The number of hydrogen-bond acceptors (Lipinski definition) is 4. The lowest BCUT2D eigenvalue weighted by Gasteiger charge is -2.22. The van der Waals surface area contributed by atoms with Crippen molar-refractivity contribution in [2.75, 3.05) is 33.3 Å². The minimum Gasteiger partial charge on any atom is -0.497 e. The van der Waals surface area contributed by atoms with E-state index in [1.54, 1.807) is 23.0 Å². The lowest BCUT2D eigenvalue weighted by atomic mass is 10.1. The first-order chi connectivity index (χ1) is 12.6. The van der Waals surface area contributed by atoms with Gasteiger partial charge in [-0.3, -0.25) is 4.90 Å². The van der Waals surface area contributed by atoms with Crippen molar-refractivity contribution >= 4 is 12.1 Å². The number of aryl methyl sites for hydroxylation is 1. The molecule has 140 valence electrons. The van der Waals surface area contributed by atoms with Crippen molar-refractivity contribution in [3.8, 4) is 5.75 Å². The van der Waals surface area contributed by atoms with Crippen LogP contribution in [0.5, 0.6) is 5.75 Å². The first kappa shape index (κ1) is 18.1. The largest absolute Gasteiger partial charge is 0.497 e. The molecule has 1 aromatic carbocycles. The van der Waals surface area contributed by atoms with Crippen LogP contribution in [0.1, 0.15) is 12.0 Å². The number of ether oxygens (including phenoxy) is 2. The summed E-state index contributed by atoms with van der Waals surface area (Å²) in [6.45, 7) is 5.58. The van der Waals surface area contributed by atoms with Crippen LogP contribution in [0.15, 0.2) is 36.9 Å². The van der Waals surface area contributed by atoms with Crippen molar-refractivity contribution in [1.29, 1.82) is 0 Å². The Hall–Kier alpha value is -2.70. The van der Waals surface area contributed by atoms with Crippen LogP contribution in [0.2, 0.25) is 0 Å². The molecule has 1 aromatic rings. The third-order valence-electron chi connectivity index (χ3n) is 4.83. The average Bonchev–Trinajstić information content (AvgIpc) is 3.18. The molecule has 7 heteroatoms. The fourth-order valence-electron chi connectivity index (χ4n) is 3.44. The van der Waals surface area contributed by atoms with E-state index in [1.165, 1.54) is 5.56 Å². The highest BCUT2D eigenvalue weighted by atomic mass is 16.6. The molecule has 2 saturated heterocycles. The number of carbonyl (C=O) groups excluding carboxylic acids is 2. The Bertz CT molecular complexity index is 661. The number of amides is 3. The fourth-order valence-corrected chi connectivity index (χ4v) is 3.44. The maximum Gasteiger partial charge on any atom is 0.410 e. The molecule has 0 aliphatic carbocycles. The summed E-state index contributed by atoms with van der Waals surface area (Å²) in [4.78, 5) is 27.6. The zero-order valence-corrected chi connectivity index (χ0v) is 15.0. The zero-order chi connectivity index (χ0) is 18.5. The van der Waals surface area contributed by atoms with Gasteiger partial charge in [0.05, 0.1) is 19.7 Å². The number of benzene rings is 1. The standard InChI is InChI=1S/C19H25N3O4/c1-3-10-20-18(23)21-12-16-17(13-21)26-19(24)22(16)11-4-5-14-6-8-15(25-2)9-7-14/h3,6-9,16-17H,1,4-5,10-13H2,2H3,(H,20,23)/t16-,17+/m0/s1. The van der Waals surface area contributed by atoms with Crippen molar-refractivity contribution in [1.82, 2.24) is 15.1 Å². The summed E-state index contributed by atoms with van der Waals surface area (Å²) < 4.78 is 10.6. The number of rotatable bonds is 7. The van der Waals surface area contributed by atoms with Crippen LogP contribution in [0.4, 0.5) is 9.59 Å². The molecule has 0 unspecified atom stereocenters. The maximum atomic E-state index is 12.1. The zero-order valence-electron chi connectivity index (χ0n) is 15.0. The summed E-state index contributed by atoms with van der Waals surface area (Å²) >= 11 is 0. The number of nitrogens with one attached hydrogen (secondary N) is 1. The van der Waals surface area contributed by atoms with Crippen LogP contribution in [-0.2, 0) is 11.2 Å². The Labute approximate surface area is 153 Å². The van der Waals surface area contributed by atoms with Gasteiger partial charge < -0.3 is 19.7 Å². The number of fused-ring (bicyclic) bond motifs is 1. The predicted octanol–water partition coefficient (Wildman–Crippen LogP) is 2.03. The van der Waals surface area contributed by atoms with Gasteiger partial charge in [-0.15, -0.1) is 6.58 Å². The molecule has 0 radical (unpaired) electrons. The van der Waals surface area contributed by atoms with Gasteiger partial charge >= 0.3 is 12.1 Å². The van der Waals surface area contributed by atoms with Crippen LogP contribution >= 0.6 is 0 Å². The van der Waals surface area contributed by atoms with E-state index in [0.717, 1.165) is 18.6 Å². The van der Waals surface area contributed by atoms with Gasteiger partial charge in [-0.05, 0) is 30.5 Å². The highest BCUT2D eigenvalue weighted by Crippen LogP contribution is 2.27. The minimum absolute atomic E-state index is 0.0622. The van der Waals surface area contributed by atoms with Crippen LogP contribution in [0.25, 0.3) is 0 Å². The predicted molar refractivity (Wildman–Crippen MR) is 97.2 cm³/mol. The summed E-state index contributed by atoms with van der Waals surface area (Å²) in [5, 5.41) is 2.76. The monoisotopic (exact) mass is 359 g/mol. The van der Waals surface area contributed by atoms with Gasteiger partial charge in [-0.25, -0.2) is 9.59 Å². The molecule has 0 aromatic heterocycles. The van der Waals surface area contributed by atoms with Crippen molar-refractivity contribution < 1.29 is 19.1 Å². The molecule has 0 bridgehead atoms. The van der Waals surface area contributed by atoms with Crippen molar-refractivity contribution in [3.63, 3.8) is 0 Å². The van der Waals surface area contributed by atoms with E-state index in [1.807, 2.05) is 24.3 Å². The van der Waals surface area contributed by atoms with E-state index in [2.05, 4.69) is 11.9 Å². The number of hydrogen-bond donors (Lipinski definition) is 1. The second kappa shape index (κ2) is 8.12. The first-order valence-electron chi connectivity index (χ1n) is 8.86. The van der Waals surface area contributed by atoms with E-state index in [0.29, 0.717) is 26.2 Å². The average molecular weight is 359 g/mol. The third-order valence-corrected chi connectivity index (χ3v) is 4.83. The molecule has 0 saturated carbocycles. The number of urea groups is 1. The lowest BCUT2D eigenvalue weighted by Crippen LogP contribution is -2.43. The Morgan fingerprint density at radius 2 is 2.15 bits per heavy atom. The Balaban J connectivity index is 1.50. The summed E-state index contributed by atoms with van der Waals surface area (Å²) in [5.41, 5.74) is 1.20. The van der Waals surface area contributed by atoms with Crippen LogP contribution in [0.3, 0.4) is 0 Å². The number of likely N-dealkylation sites (tertiary alicyclic amines) is 1. The SMILES string of the molecule is C=CCNC(=O)N1C[C@H]2OC(=O)N(CCCc3ccc(OC)cc3)[C@H]2C1. The molecule has 1 N–H and O–H groups in total. The molecule has 2 aliphatic rings. The molecule has 2 heterocycles. The van der Waals surface area contributed by atoms with Crippen LogP contribution in [-0.4, -0.2) is 67.4 Å². The molecular weight excluding hydrogens is 334 g/mol. The van der Waals surface area contributed by atoms with Crippen molar-refractivity contribution in [2.45, 2.75) is 25.0 Å². The highest BCUT2D eigenvalue weighted by molar-refractivity contribution is 5.76. The van der Waals surface area contributed by atoms with Gasteiger partial charge in [-0.1, -0.05) is 18.2 Å². The Morgan fingerprint density at radius 3 is 2.85 bits per heavy atom. The molecular formula is C19H25N3O4. The third kappa shape index (κ3) is 3.92. The van der Waals surface area contributed by atoms with E-state index >= 15 is 0 Å². The van der Waals surface area contributed by atoms with E-state index < -0.39 is 0 Å². The smallest absolute Gasteiger partial charge is 0.410 e. The lowest BCUT2D eigenvalue weighted by molar-refractivity contribution is 0.123. The van der Waals surface area contributed by atoms with Gasteiger partial charge in [0.15, 0.2) is 0 Å². The Morgan fingerprint density at radius 1 is 1.38 bits per heavy atom. The van der Waals surface area contributed by atoms with E-state index in [4.69, 9.17) is 9.47 Å². The van der Waals surface area contributed by atoms with Crippen molar-refractivity contribution in [3.05, 3.63) is 42.5 Å². The fraction of sp³-hybridized carbons (Fsp3) is 0.474. The van der Waals surface area contributed by atoms with Gasteiger partial charge in [-0.2, -0.15) is 0 Å². The molecule has 3 amide bonds. The number of nitrogens with zero attached hydrogens (tertiary/aromatic N) is 2. The maximum absolute atomic E-state index is 12.1. The molecule has 7 nitrogen and oxygen atoms in total. The normalized spacial score (nSPS) is 21.3. The second-order valence-electron chi connectivity index (χ2n) is 6.51. The number of carbonyl (C=O) groups is 2.